The molecular formula is C16H28N4. The van der Waals surface area contributed by atoms with Gasteiger partial charge in [0.15, 0.2) is 0 Å². The number of nitrogens with zero attached hydrogens (tertiary/aromatic N) is 3. The Hall–Kier alpha value is -0.870. The summed E-state index contributed by atoms with van der Waals surface area (Å²) in [6, 6.07) is 3.79. The summed E-state index contributed by atoms with van der Waals surface area (Å²) in [6.07, 6.45) is 6.85. The van der Waals surface area contributed by atoms with Gasteiger partial charge in [-0.2, -0.15) is 5.10 Å². The van der Waals surface area contributed by atoms with Crippen molar-refractivity contribution < 1.29 is 0 Å². The highest BCUT2D eigenvalue weighted by molar-refractivity contribution is 5.09. The quantitative estimate of drug-likeness (QED) is 0.865. The van der Waals surface area contributed by atoms with E-state index in [9.17, 15) is 0 Å². The van der Waals surface area contributed by atoms with E-state index in [1.54, 1.807) is 0 Å². The van der Waals surface area contributed by atoms with Crippen molar-refractivity contribution in [2.75, 3.05) is 13.1 Å². The fraction of sp³-hybridized carbons (Fsp3) is 0.812. The summed E-state index contributed by atoms with van der Waals surface area (Å²) in [5.74, 6) is 0. The van der Waals surface area contributed by atoms with E-state index in [0.29, 0.717) is 6.04 Å². The van der Waals surface area contributed by atoms with E-state index in [1.165, 1.54) is 50.9 Å². The van der Waals surface area contributed by atoms with E-state index in [4.69, 9.17) is 0 Å². The molecule has 1 saturated carbocycles. The molecule has 20 heavy (non-hydrogen) atoms. The molecule has 0 amide bonds. The molecule has 0 bridgehead atoms. The minimum Gasteiger partial charge on any atom is -0.312 e. The lowest BCUT2D eigenvalue weighted by atomic mass is 10.0. The summed E-state index contributed by atoms with van der Waals surface area (Å²) in [5.41, 5.74) is 2.52. The van der Waals surface area contributed by atoms with E-state index >= 15 is 0 Å². The molecule has 112 valence electrons. The Morgan fingerprint density at radius 2 is 2.15 bits per heavy atom. The van der Waals surface area contributed by atoms with Crippen molar-refractivity contribution in [1.82, 2.24) is 20.0 Å². The minimum atomic E-state index is 0.713. The summed E-state index contributed by atoms with van der Waals surface area (Å²) in [5, 5.41) is 8.29. The molecular weight excluding hydrogens is 248 g/mol. The monoisotopic (exact) mass is 276 g/mol. The van der Waals surface area contributed by atoms with Crippen LogP contribution >= 0.6 is 0 Å². The lowest BCUT2D eigenvalue weighted by Crippen LogP contribution is -2.45. The van der Waals surface area contributed by atoms with Gasteiger partial charge in [-0.1, -0.05) is 6.42 Å². The van der Waals surface area contributed by atoms with Crippen LogP contribution in [0.3, 0.4) is 0 Å². The van der Waals surface area contributed by atoms with Gasteiger partial charge in [0.2, 0.25) is 0 Å². The Bertz CT molecular complexity index is 436. The van der Waals surface area contributed by atoms with Gasteiger partial charge in [-0.15, -0.1) is 0 Å². The molecule has 1 aliphatic carbocycles. The third kappa shape index (κ3) is 3.41. The minimum absolute atomic E-state index is 0.713. The lowest BCUT2D eigenvalue weighted by molar-refractivity contribution is 0.133. The molecule has 1 aromatic rings. The van der Waals surface area contributed by atoms with Crippen molar-refractivity contribution in [3.63, 3.8) is 0 Å². The third-order valence-corrected chi connectivity index (χ3v) is 4.62. The zero-order valence-corrected chi connectivity index (χ0v) is 12.9. The van der Waals surface area contributed by atoms with Crippen molar-refractivity contribution in [1.29, 1.82) is 0 Å². The second-order valence-corrected chi connectivity index (χ2v) is 6.40. The van der Waals surface area contributed by atoms with Crippen molar-refractivity contribution in [3.8, 4) is 0 Å². The van der Waals surface area contributed by atoms with E-state index in [2.05, 4.69) is 39.9 Å². The molecule has 2 aliphatic rings. The molecule has 1 unspecified atom stereocenters. The van der Waals surface area contributed by atoms with Gasteiger partial charge in [0.25, 0.3) is 0 Å². The molecule has 0 aromatic carbocycles. The standard InChI is InChI=1S/C16H28N4/c1-3-20-16(10-13(2)18-20)12-19-9-5-4-6-15(19)11-17-14-7-8-14/h10,14-15,17H,3-9,11-12H2,1-2H3. The van der Waals surface area contributed by atoms with Crippen LogP contribution in [0.4, 0.5) is 0 Å². The van der Waals surface area contributed by atoms with Crippen LogP contribution in [0.5, 0.6) is 0 Å². The van der Waals surface area contributed by atoms with Crippen molar-refractivity contribution >= 4 is 0 Å². The smallest absolute Gasteiger partial charge is 0.0597 e. The van der Waals surface area contributed by atoms with Gasteiger partial charge in [0.05, 0.1) is 11.4 Å². The van der Waals surface area contributed by atoms with Crippen LogP contribution < -0.4 is 5.32 Å². The molecule has 1 N–H and O–H groups in total. The summed E-state index contributed by atoms with van der Waals surface area (Å²) < 4.78 is 2.16. The molecule has 2 heterocycles. The van der Waals surface area contributed by atoms with Gasteiger partial charge >= 0.3 is 0 Å². The summed E-state index contributed by atoms with van der Waals surface area (Å²) in [4.78, 5) is 2.67. The fourth-order valence-corrected chi connectivity index (χ4v) is 3.30. The first-order chi connectivity index (χ1) is 9.76. The number of rotatable bonds is 6. The van der Waals surface area contributed by atoms with Crippen molar-refractivity contribution in [2.24, 2.45) is 0 Å². The molecule has 1 aromatic heterocycles. The van der Waals surface area contributed by atoms with E-state index < -0.39 is 0 Å². The Kier molecular flexibility index (Phi) is 4.41. The average molecular weight is 276 g/mol. The first-order valence-electron chi connectivity index (χ1n) is 8.27. The SMILES string of the molecule is CCn1nc(C)cc1CN1CCCCC1CNC1CC1. The van der Waals surface area contributed by atoms with Gasteiger partial charge in [-0.25, -0.2) is 0 Å². The van der Waals surface area contributed by atoms with Crippen LogP contribution in [0.2, 0.25) is 0 Å². The maximum absolute atomic E-state index is 4.58. The van der Waals surface area contributed by atoms with Crippen LogP contribution in [0.25, 0.3) is 0 Å². The molecule has 2 fully saturated rings. The number of hydrogen-bond donors (Lipinski definition) is 1. The average Bonchev–Trinajstić information content (AvgIpc) is 3.21. The molecule has 0 spiro atoms. The van der Waals surface area contributed by atoms with Crippen LogP contribution in [-0.4, -0.2) is 39.9 Å². The second kappa shape index (κ2) is 6.27. The van der Waals surface area contributed by atoms with Crippen LogP contribution in [-0.2, 0) is 13.1 Å². The van der Waals surface area contributed by atoms with Crippen molar-refractivity contribution in [2.45, 2.75) is 71.1 Å². The Balaban J connectivity index is 1.62. The van der Waals surface area contributed by atoms with Gasteiger partial charge in [0, 0.05) is 31.7 Å². The second-order valence-electron chi connectivity index (χ2n) is 6.40. The van der Waals surface area contributed by atoms with E-state index in [1.807, 2.05) is 0 Å². The first-order valence-corrected chi connectivity index (χ1v) is 8.27. The molecule has 1 atom stereocenters. The normalized spacial score (nSPS) is 24.2. The number of aryl methyl sites for hydroxylation is 2. The topological polar surface area (TPSA) is 33.1 Å². The molecule has 3 rings (SSSR count). The predicted molar refractivity (Wildman–Crippen MR) is 81.7 cm³/mol. The van der Waals surface area contributed by atoms with E-state index in [0.717, 1.165) is 24.8 Å². The Morgan fingerprint density at radius 3 is 2.90 bits per heavy atom. The maximum Gasteiger partial charge on any atom is 0.0597 e. The lowest BCUT2D eigenvalue weighted by Gasteiger charge is -2.36. The highest BCUT2D eigenvalue weighted by Crippen LogP contribution is 2.22. The summed E-state index contributed by atoms with van der Waals surface area (Å²) >= 11 is 0. The van der Waals surface area contributed by atoms with Crippen molar-refractivity contribution in [3.05, 3.63) is 17.5 Å². The molecule has 4 heteroatoms. The highest BCUT2D eigenvalue weighted by Gasteiger charge is 2.27. The van der Waals surface area contributed by atoms with E-state index in [-0.39, 0.29) is 0 Å². The molecule has 0 radical (unpaired) electrons. The van der Waals surface area contributed by atoms with Crippen LogP contribution in [0, 0.1) is 6.92 Å². The molecule has 1 aliphatic heterocycles. The predicted octanol–water partition coefficient (Wildman–Crippen LogP) is 2.32. The van der Waals surface area contributed by atoms with Gasteiger partial charge in [-0.05, 0) is 52.1 Å². The van der Waals surface area contributed by atoms with Gasteiger partial charge < -0.3 is 5.32 Å². The van der Waals surface area contributed by atoms with Gasteiger partial charge in [0.1, 0.15) is 0 Å². The number of nitrogens with one attached hydrogen (secondary N) is 1. The Labute approximate surface area is 122 Å². The largest absolute Gasteiger partial charge is 0.312 e. The van der Waals surface area contributed by atoms with Gasteiger partial charge in [-0.3, -0.25) is 9.58 Å². The first kappa shape index (κ1) is 14.1. The Morgan fingerprint density at radius 1 is 1.30 bits per heavy atom. The zero-order valence-electron chi connectivity index (χ0n) is 12.9. The van der Waals surface area contributed by atoms with Crippen LogP contribution in [0.15, 0.2) is 6.07 Å². The highest BCUT2D eigenvalue weighted by atomic mass is 15.3. The third-order valence-electron chi connectivity index (χ3n) is 4.62. The zero-order chi connectivity index (χ0) is 13.9. The maximum atomic E-state index is 4.58. The summed E-state index contributed by atoms with van der Waals surface area (Å²) in [6.45, 7) is 8.72. The van der Waals surface area contributed by atoms with Crippen LogP contribution in [0.1, 0.15) is 50.4 Å². The molecule has 4 nitrogen and oxygen atoms in total. The number of hydrogen-bond acceptors (Lipinski definition) is 3. The fourth-order valence-electron chi connectivity index (χ4n) is 3.30. The molecule has 1 saturated heterocycles. The number of piperidine rings is 1. The number of aromatic nitrogens is 2. The number of likely N-dealkylation sites (tertiary alicyclic amines) is 1. The summed E-state index contributed by atoms with van der Waals surface area (Å²) in [7, 11) is 0.